The summed E-state index contributed by atoms with van der Waals surface area (Å²) in [5.41, 5.74) is 5.94. The number of hydrogen-bond donors (Lipinski definition) is 4. The third-order valence-corrected chi connectivity index (χ3v) is 13.6. The van der Waals surface area contributed by atoms with Gasteiger partial charge in [0, 0.05) is 88.3 Å². The minimum atomic E-state index is -5.20. The van der Waals surface area contributed by atoms with Crippen molar-refractivity contribution >= 4 is 68.3 Å². The first-order valence-corrected chi connectivity index (χ1v) is 24.0. The third kappa shape index (κ3) is 9.71. The molecule has 1 unspecified atom stereocenters. The molecule has 380 valence electrons. The lowest BCUT2D eigenvalue weighted by atomic mass is 10.1. The number of β-amino-alcohol motifs (C(OH)–C–C–N with tert-alkyl or cyclic N) is 2. The van der Waals surface area contributed by atoms with Gasteiger partial charge < -0.3 is 34.9 Å². The summed E-state index contributed by atoms with van der Waals surface area (Å²) in [4.78, 5) is 53.6. The van der Waals surface area contributed by atoms with Crippen molar-refractivity contribution in [3.05, 3.63) is 118 Å². The van der Waals surface area contributed by atoms with Crippen molar-refractivity contribution in [1.29, 1.82) is 0 Å². The maximum Gasteiger partial charge on any atom is 0.454 e. The van der Waals surface area contributed by atoms with Crippen LogP contribution in [0.4, 0.5) is 30.5 Å². The second kappa shape index (κ2) is 18.8. The predicted octanol–water partition coefficient (Wildman–Crippen LogP) is 6.72. The van der Waals surface area contributed by atoms with Crippen LogP contribution < -0.4 is 10.6 Å². The number of hydrogen-bond acceptors (Lipinski definition) is 16. The average Bonchev–Trinajstić information content (AvgIpc) is 3.74. The Morgan fingerprint density at radius 3 is 2.14 bits per heavy atom. The van der Waals surface area contributed by atoms with E-state index in [1.807, 2.05) is 69.2 Å². The Labute approximate surface area is 419 Å². The quantitative estimate of drug-likeness (QED) is 0.0834. The average molecular weight is 1020 g/mol. The van der Waals surface area contributed by atoms with Crippen LogP contribution in [0.1, 0.15) is 69.2 Å². The van der Waals surface area contributed by atoms with Gasteiger partial charge in [-0.2, -0.15) is 38.5 Å². The molecule has 0 amide bonds. The van der Waals surface area contributed by atoms with Gasteiger partial charge in [-0.25, -0.2) is 19.3 Å². The highest BCUT2D eigenvalue weighted by atomic mass is 35.5. The smallest absolute Gasteiger partial charge is 0.389 e. The number of nitrogens with zero attached hydrogens (tertiary/aromatic N) is 12. The van der Waals surface area contributed by atoms with Crippen molar-refractivity contribution in [3.8, 4) is 5.82 Å². The van der Waals surface area contributed by atoms with Crippen LogP contribution in [0, 0.1) is 19.8 Å². The summed E-state index contributed by atoms with van der Waals surface area (Å²) in [5, 5.41) is 40.1. The van der Waals surface area contributed by atoms with Crippen LogP contribution in [0.25, 0.3) is 27.6 Å². The van der Waals surface area contributed by atoms with E-state index < -0.39 is 35.9 Å². The molecule has 2 saturated heterocycles. The number of rotatable bonds is 14. The van der Waals surface area contributed by atoms with Gasteiger partial charge in [-0.15, -0.1) is 0 Å². The Balaban J connectivity index is 0.921. The van der Waals surface area contributed by atoms with Crippen molar-refractivity contribution in [3.63, 3.8) is 0 Å². The van der Waals surface area contributed by atoms with Gasteiger partial charge in [-0.05, 0) is 75.6 Å². The number of benzene rings is 2. The number of guanidine groups is 1. The molecule has 3 aliphatic heterocycles. The Morgan fingerprint density at radius 2 is 1.48 bits per heavy atom. The zero-order chi connectivity index (χ0) is 51.0. The van der Waals surface area contributed by atoms with E-state index in [-0.39, 0.29) is 59.4 Å². The van der Waals surface area contributed by atoms with E-state index in [0.29, 0.717) is 54.6 Å². The van der Waals surface area contributed by atoms with Crippen LogP contribution in [0.15, 0.2) is 84.1 Å². The van der Waals surface area contributed by atoms with Crippen LogP contribution in [0.2, 0.25) is 5.02 Å². The number of alkyl halides is 3. The topological polar surface area (TPSA) is 210 Å². The number of aliphatic imine (C=N–C) groups is 1. The molecule has 3 fully saturated rings. The highest BCUT2D eigenvalue weighted by molar-refractivity contribution is 6.32. The first kappa shape index (κ1) is 48.3. The predicted molar refractivity (Wildman–Crippen MR) is 262 cm³/mol. The fourth-order valence-electron chi connectivity index (χ4n) is 9.43. The van der Waals surface area contributed by atoms with E-state index in [0.717, 1.165) is 46.1 Å². The number of aliphatic hydroxyl groups is 2. The SMILES string of the molecule is CC1=CN(Cn2cc(C(=O)C(F)(F)F)c3cc(Nc4ncc(Cl)c(-n5cc(CN6C[C@H](O)CO6)c(C)n5)n4)ccc32)C(Nc2ccc3c(c2)c(C(=O)C2CC2)cn3C)=NC1n1cc(CN2C[C@H](O)CO2)c(C)n1. The van der Waals surface area contributed by atoms with E-state index in [9.17, 15) is 33.0 Å². The molecule has 20 nitrogen and oxygen atoms in total. The number of aliphatic hydroxyl groups excluding tert-OH is 2. The van der Waals surface area contributed by atoms with Crippen LogP contribution in [-0.2, 0) is 36.5 Å². The molecular weight excluding hydrogens is 973 g/mol. The number of aryl methyl sites for hydroxylation is 3. The lowest BCUT2D eigenvalue weighted by Gasteiger charge is -2.31. The maximum atomic E-state index is 14.4. The number of carbonyl (C=O) groups excluding carboxylic acids is 2. The van der Waals surface area contributed by atoms with Gasteiger partial charge in [0.15, 0.2) is 17.8 Å². The van der Waals surface area contributed by atoms with E-state index >= 15 is 0 Å². The van der Waals surface area contributed by atoms with Crippen LogP contribution in [0.5, 0.6) is 0 Å². The van der Waals surface area contributed by atoms with Crippen molar-refractivity contribution in [1.82, 2.24) is 53.7 Å². The van der Waals surface area contributed by atoms with Crippen LogP contribution >= 0.6 is 11.6 Å². The molecule has 5 aromatic heterocycles. The van der Waals surface area contributed by atoms with Crippen molar-refractivity contribution in [2.75, 3.05) is 36.9 Å². The summed E-state index contributed by atoms with van der Waals surface area (Å²) in [5.74, 6) is -1.34. The zero-order valence-electron chi connectivity index (χ0n) is 40.0. The lowest BCUT2D eigenvalue weighted by molar-refractivity contribution is -0.118. The Kier molecular flexibility index (Phi) is 12.4. The lowest BCUT2D eigenvalue weighted by Crippen LogP contribution is -2.38. The summed E-state index contributed by atoms with van der Waals surface area (Å²) in [6.45, 7) is 7.31. The fourth-order valence-corrected chi connectivity index (χ4v) is 9.60. The highest BCUT2D eigenvalue weighted by Crippen LogP contribution is 2.37. The maximum absolute atomic E-state index is 14.4. The molecule has 7 aromatic rings. The van der Waals surface area contributed by atoms with E-state index in [2.05, 4.69) is 25.7 Å². The number of aromatic nitrogens is 8. The Hall–Kier alpha value is -6.99. The van der Waals surface area contributed by atoms with Gasteiger partial charge in [0.2, 0.25) is 11.9 Å². The van der Waals surface area contributed by atoms with Crippen molar-refractivity contribution in [2.45, 2.75) is 77.9 Å². The molecule has 0 radical (unpaired) electrons. The van der Waals surface area contributed by atoms with Gasteiger partial charge in [-0.1, -0.05) is 11.6 Å². The van der Waals surface area contributed by atoms with E-state index in [1.165, 1.54) is 23.1 Å². The van der Waals surface area contributed by atoms with Crippen LogP contribution in [0.3, 0.4) is 0 Å². The first-order valence-electron chi connectivity index (χ1n) is 23.6. The number of Topliss-reactive ketones (excluding diaryl/α,β-unsaturated/α-hetero) is 2. The molecular formula is C49H50ClF3N14O6. The van der Waals surface area contributed by atoms with E-state index in [1.54, 1.807) is 42.6 Å². The molecule has 0 bridgehead atoms. The zero-order valence-corrected chi connectivity index (χ0v) is 40.8. The molecule has 24 heteroatoms. The Morgan fingerprint density at radius 1 is 0.836 bits per heavy atom. The highest BCUT2D eigenvalue weighted by Gasteiger charge is 2.41. The van der Waals surface area contributed by atoms with Gasteiger partial charge in [-0.3, -0.25) is 19.3 Å². The Bertz CT molecular complexity index is 3390. The standard InChI is InChI=1S/C49H50ClF3N14O6/c1-26-14-63(48(58-45(26)66-17-30(27(2)59-66)15-64-19-34(68)23-72-64)56-33-7-9-41-36(12-33)38(21-61(41)4)43(70)29-5-6-29)25-62-22-39(44(71)49(51,52)53)37-11-32(8-10-42(37)62)55-47-54-13-40(50)46(57-47)67-18-31(28(3)60-67)16-65-20-35(69)24-73-65/h7-14,17-18,21-22,29,34-35,45,68-69H,5-6,15-16,19-20,23-25H2,1-4H3,(H,56,58)(H,54,55,57)/t34-,35-,45?/m0/s1. The summed E-state index contributed by atoms with van der Waals surface area (Å²) < 4.78 is 49.9. The summed E-state index contributed by atoms with van der Waals surface area (Å²) in [6.07, 6.45) is 4.51. The minimum Gasteiger partial charge on any atom is -0.389 e. The van der Waals surface area contributed by atoms with Gasteiger partial charge in [0.25, 0.3) is 5.78 Å². The molecule has 1 aliphatic carbocycles. The van der Waals surface area contributed by atoms with Gasteiger partial charge >= 0.3 is 6.18 Å². The van der Waals surface area contributed by atoms with Gasteiger partial charge in [0.1, 0.15) is 11.7 Å². The summed E-state index contributed by atoms with van der Waals surface area (Å²) >= 11 is 6.56. The molecule has 4 N–H and O–H groups in total. The molecule has 4 aliphatic rings. The molecule has 2 aromatic carbocycles. The number of ketones is 2. The monoisotopic (exact) mass is 1020 g/mol. The minimum absolute atomic E-state index is 0.000196. The number of anilines is 3. The number of halogens is 4. The van der Waals surface area contributed by atoms with Crippen LogP contribution in [-0.4, -0.2) is 126 Å². The number of hydroxylamine groups is 4. The van der Waals surface area contributed by atoms with Crippen molar-refractivity contribution < 1.29 is 42.6 Å². The summed E-state index contributed by atoms with van der Waals surface area (Å²) in [6, 6.07) is 10.4. The van der Waals surface area contributed by atoms with E-state index in [4.69, 9.17) is 31.4 Å². The fraction of sp³-hybridized carbons (Fsp3) is 0.367. The summed E-state index contributed by atoms with van der Waals surface area (Å²) in [7, 11) is 1.89. The molecule has 11 rings (SSSR count). The first-order chi connectivity index (χ1) is 34.9. The number of nitrogens with one attached hydrogen (secondary N) is 2. The van der Waals surface area contributed by atoms with Gasteiger partial charge in [0.05, 0.1) is 80.3 Å². The molecule has 1 saturated carbocycles. The molecule has 0 spiro atoms. The van der Waals surface area contributed by atoms with Crippen molar-refractivity contribution in [2.24, 2.45) is 18.0 Å². The number of carbonyl (C=O) groups is 2. The third-order valence-electron chi connectivity index (χ3n) is 13.3. The largest absolute Gasteiger partial charge is 0.454 e. The molecule has 73 heavy (non-hydrogen) atoms. The molecule has 8 heterocycles. The molecule has 3 atom stereocenters. The second-order valence-corrected chi connectivity index (χ2v) is 19.4. The second-order valence-electron chi connectivity index (χ2n) is 19.0. The normalized spacial score (nSPS) is 19.9. The number of fused-ring (bicyclic) bond motifs is 2.